The first kappa shape index (κ1) is 15.7. The molecule has 0 unspecified atom stereocenters. The maximum Gasteiger partial charge on any atom is 0.262 e. The number of sulfonamides is 1. The molecule has 0 atom stereocenters. The zero-order valence-electron chi connectivity index (χ0n) is 13.3. The Morgan fingerprint density at radius 3 is 2.26 bits per heavy atom. The van der Waals surface area contributed by atoms with E-state index in [-0.39, 0.29) is 4.90 Å². The molecule has 3 rings (SSSR count). The van der Waals surface area contributed by atoms with Gasteiger partial charge in [-0.1, -0.05) is 6.07 Å². The minimum atomic E-state index is -3.66. The Kier molecular flexibility index (Phi) is 3.93. The van der Waals surface area contributed by atoms with Crippen molar-refractivity contribution in [1.29, 1.82) is 0 Å². The van der Waals surface area contributed by atoms with Crippen LogP contribution in [0, 0.1) is 20.8 Å². The van der Waals surface area contributed by atoms with Gasteiger partial charge in [0.05, 0.1) is 10.6 Å². The van der Waals surface area contributed by atoms with Crippen LogP contribution in [-0.2, 0) is 10.0 Å². The fourth-order valence-electron chi connectivity index (χ4n) is 2.54. The van der Waals surface area contributed by atoms with Gasteiger partial charge in [0.2, 0.25) is 0 Å². The summed E-state index contributed by atoms with van der Waals surface area (Å²) in [5.41, 5.74) is 3.18. The second-order valence-corrected chi connectivity index (χ2v) is 7.32. The molecular formula is C17H19NO4S. The molecular weight excluding hydrogens is 314 g/mol. The molecule has 2 aromatic rings. The van der Waals surface area contributed by atoms with Crippen LogP contribution in [0.1, 0.15) is 16.7 Å². The van der Waals surface area contributed by atoms with Crippen LogP contribution in [0.25, 0.3) is 0 Å². The van der Waals surface area contributed by atoms with Crippen molar-refractivity contribution in [3.05, 3.63) is 47.0 Å². The monoisotopic (exact) mass is 333 g/mol. The van der Waals surface area contributed by atoms with Gasteiger partial charge in [-0.05, 0) is 55.7 Å². The summed E-state index contributed by atoms with van der Waals surface area (Å²) in [6, 6.07) is 8.60. The summed E-state index contributed by atoms with van der Waals surface area (Å²) in [4.78, 5) is 0.287. The number of hydrogen-bond donors (Lipinski definition) is 1. The average molecular weight is 333 g/mol. The van der Waals surface area contributed by atoms with Crippen molar-refractivity contribution in [3.63, 3.8) is 0 Å². The summed E-state index contributed by atoms with van der Waals surface area (Å²) in [5, 5.41) is 0. The van der Waals surface area contributed by atoms with Crippen LogP contribution in [-0.4, -0.2) is 21.6 Å². The van der Waals surface area contributed by atoms with Gasteiger partial charge in [-0.2, -0.15) is 0 Å². The summed E-state index contributed by atoms with van der Waals surface area (Å²) >= 11 is 0. The molecule has 1 N–H and O–H groups in total. The van der Waals surface area contributed by atoms with Gasteiger partial charge in [0.1, 0.15) is 13.2 Å². The van der Waals surface area contributed by atoms with Gasteiger partial charge >= 0.3 is 0 Å². The summed E-state index contributed by atoms with van der Waals surface area (Å²) < 4.78 is 38.9. The highest BCUT2D eigenvalue weighted by molar-refractivity contribution is 7.92. The van der Waals surface area contributed by atoms with E-state index >= 15 is 0 Å². The van der Waals surface area contributed by atoms with Crippen LogP contribution in [0.4, 0.5) is 5.69 Å². The molecule has 0 spiro atoms. The summed E-state index contributed by atoms with van der Waals surface area (Å²) in [7, 11) is -3.66. The number of ether oxygens (including phenoxy) is 2. The third-order valence-electron chi connectivity index (χ3n) is 3.88. The van der Waals surface area contributed by atoms with Crippen LogP contribution in [0.5, 0.6) is 11.5 Å². The molecule has 0 aliphatic carbocycles. The zero-order valence-corrected chi connectivity index (χ0v) is 14.2. The number of benzene rings is 2. The van der Waals surface area contributed by atoms with Gasteiger partial charge in [0.25, 0.3) is 10.0 Å². The molecule has 0 saturated heterocycles. The van der Waals surface area contributed by atoms with Crippen molar-refractivity contribution in [1.82, 2.24) is 0 Å². The number of anilines is 1. The predicted octanol–water partition coefficient (Wildman–Crippen LogP) is 3.18. The van der Waals surface area contributed by atoms with E-state index in [0.29, 0.717) is 30.4 Å². The van der Waals surface area contributed by atoms with Crippen molar-refractivity contribution >= 4 is 15.7 Å². The third-order valence-corrected chi connectivity index (χ3v) is 5.40. The molecule has 2 aromatic carbocycles. The van der Waals surface area contributed by atoms with Crippen molar-refractivity contribution in [3.8, 4) is 11.5 Å². The first-order valence-corrected chi connectivity index (χ1v) is 8.85. The highest BCUT2D eigenvalue weighted by Crippen LogP contribution is 2.33. The highest BCUT2D eigenvalue weighted by Gasteiger charge is 2.19. The van der Waals surface area contributed by atoms with Gasteiger partial charge in [0.15, 0.2) is 11.5 Å². The molecule has 0 bridgehead atoms. The number of fused-ring (bicyclic) bond motifs is 1. The predicted molar refractivity (Wildman–Crippen MR) is 88.9 cm³/mol. The van der Waals surface area contributed by atoms with Crippen molar-refractivity contribution < 1.29 is 17.9 Å². The molecule has 122 valence electrons. The minimum Gasteiger partial charge on any atom is -0.486 e. The standard InChI is InChI=1S/C17H19NO4S/c1-11-8-13(3)17(9-12(11)2)23(19,20)18-14-4-5-15-16(10-14)22-7-6-21-15/h4-5,8-10,18H,6-7H2,1-3H3. The number of rotatable bonds is 3. The van der Waals surface area contributed by atoms with Crippen LogP contribution in [0.2, 0.25) is 0 Å². The molecule has 1 aliphatic heterocycles. The largest absolute Gasteiger partial charge is 0.486 e. The smallest absolute Gasteiger partial charge is 0.262 e. The van der Waals surface area contributed by atoms with E-state index in [0.717, 1.165) is 16.7 Å². The summed E-state index contributed by atoms with van der Waals surface area (Å²) in [5.74, 6) is 1.18. The quantitative estimate of drug-likeness (QED) is 0.937. The lowest BCUT2D eigenvalue weighted by molar-refractivity contribution is 0.171. The van der Waals surface area contributed by atoms with Crippen LogP contribution in [0.3, 0.4) is 0 Å². The Bertz CT molecular complexity index is 859. The minimum absolute atomic E-state index is 0.287. The molecule has 6 heteroatoms. The van der Waals surface area contributed by atoms with Gasteiger partial charge < -0.3 is 9.47 Å². The number of hydrogen-bond acceptors (Lipinski definition) is 4. The lowest BCUT2D eigenvalue weighted by Crippen LogP contribution is -2.17. The molecule has 0 fully saturated rings. The van der Waals surface area contributed by atoms with E-state index in [1.165, 1.54) is 0 Å². The Labute approximate surface area is 136 Å². The topological polar surface area (TPSA) is 64.6 Å². The van der Waals surface area contributed by atoms with Crippen LogP contribution >= 0.6 is 0 Å². The number of nitrogens with one attached hydrogen (secondary N) is 1. The van der Waals surface area contributed by atoms with Crippen molar-refractivity contribution in [2.45, 2.75) is 25.7 Å². The van der Waals surface area contributed by atoms with Crippen molar-refractivity contribution in [2.24, 2.45) is 0 Å². The molecule has 1 aliphatic rings. The lowest BCUT2D eigenvalue weighted by Gasteiger charge is -2.19. The fourth-order valence-corrected chi connectivity index (χ4v) is 3.90. The Balaban J connectivity index is 1.94. The van der Waals surface area contributed by atoms with E-state index in [2.05, 4.69) is 4.72 Å². The van der Waals surface area contributed by atoms with E-state index < -0.39 is 10.0 Å². The SMILES string of the molecule is Cc1cc(C)c(S(=O)(=O)Nc2ccc3c(c2)OCCO3)cc1C. The first-order chi connectivity index (χ1) is 10.9. The van der Waals surface area contributed by atoms with Gasteiger partial charge in [-0.3, -0.25) is 4.72 Å². The van der Waals surface area contributed by atoms with E-state index in [1.807, 2.05) is 19.9 Å². The average Bonchev–Trinajstić information content (AvgIpc) is 2.50. The maximum absolute atomic E-state index is 12.7. The summed E-state index contributed by atoms with van der Waals surface area (Å²) in [6.45, 7) is 6.62. The number of aryl methyl sites for hydroxylation is 3. The lowest BCUT2D eigenvalue weighted by atomic mass is 10.1. The second kappa shape index (κ2) is 5.77. The molecule has 0 saturated carbocycles. The maximum atomic E-state index is 12.7. The highest BCUT2D eigenvalue weighted by atomic mass is 32.2. The van der Waals surface area contributed by atoms with Crippen LogP contribution in [0.15, 0.2) is 35.2 Å². The molecule has 0 amide bonds. The Hall–Kier alpha value is -2.21. The van der Waals surface area contributed by atoms with Crippen molar-refractivity contribution in [2.75, 3.05) is 17.9 Å². The van der Waals surface area contributed by atoms with Crippen LogP contribution < -0.4 is 14.2 Å². The van der Waals surface area contributed by atoms with Gasteiger partial charge in [0, 0.05) is 6.07 Å². The molecule has 23 heavy (non-hydrogen) atoms. The van der Waals surface area contributed by atoms with Gasteiger partial charge in [-0.15, -0.1) is 0 Å². The molecule has 0 aromatic heterocycles. The fraction of sp³-hybridized carbons (Fsp3) is 0.294. The van der Waals surface area contributed by atoms with Gasteiger partial charge in [-0.25, -0.2) is 8.42 Å². The van der Waals surface area contributed by atoms with E-state index in [9.17, 15) is 8.42 Å². The zero-order chi connectivity index (χ0) is 16.6. The Morgan fingerprint density at radius 1 is 0.870 bits per heavy atom. The third kappa shape index (κ3) is 3.12. The second-order valence-electron chi connectivity index (χ2n) is 5.67. The summed E-state index contributed by atoms with van der Waals surface area (Å²) in [6.07, 6.45) is 0. The Morgan fingerprint density at radius 2 is 1.52 bits per heavy atom. The van der Waals surface area contributed by atoms with E-state index in [4.69, 9.17) is 9.47 Å². The molecule has 5 nitrogen and oxygen atoms in total. The first-order valence-electron chi connectivity index (χ1n) is 7.37. The van der Waals surface area contributed by atoms with E-state index in [1.54, 1.807) is 31.2 Å². The normalized spacial score (nSPS) is 13.7. The molecule has 0 radical (unpaired) electrons. The molecule has 1 heterocycles.